The summed E-state index contributed by atoms with van der Waals surface area (Å²) in [6, 6.07) is 12.5. The summed E-state index contributed by atoms with van der Waals surface area (Å²) in [5, 5.41) is 2.90. The van der Waals surface area contributed by atoms with Gasteiger partial charge in [0.25, 0.3) is 0 Å². The van der Waals surface area contributed by atoms with Crippen molar-refractivity contribution < 1.29 is 43.0 Å². The van der Waals surface area contributed by atoms with E-state index in [0.717, 1.165) is 36.7 Å². The first-order valence-corrected chi connectivity index (χ1v) is 17.2. The first-order valence-electron chi connectivity index (χ1n) is 17.2. The molecule has 1 saturated carbocycles. The molecule has 4 aliphatic heterocycles. The van der Waals surface area contributed by atoms with Crippen molar-refractivity contribution in [1.82, 2.24) is 9.55 Å². The summed E-state index contributed by atoms with van der Waals surface area (Å²) in [4.78, 5) is 42.1. The van der Waals surface area contributed by atoms with Gasteiger partial charge in [0.15, 0.2) is 18.2 Å². The number of nitrogens with zero attached hydrogens (tertiary/aromatic N) is 2. The number of esters is 1. The van der Waals surface area contributed by atoms with Crippen molar-refractivity contribution in [3.63, 3.8) is 0 Å². The third-order valence-corrected chi connectivity index (χ3v) is 10.5. The molecule has 5 fully saturated rings. The molecule has 1 aliphatic carbocycles. The Balaban J connectivity index is 0.971. The zero-order chi connectivity index (χ0) is 33.5. The van der Waals surface area contributed by atoms with Crippen LogP contribution in [0.4, 0.5) is 5.69 Å². The number of fused-ring (bicyclic) bond motifs is 3. The van der Waals surface area contributed by atoms with E-state index in [2.05, 4.69) is 24.1 Å². The average Bonchev–Trinajstić information content (AvgIpc) is 3.33. The van der Waals surface area contributed by atoms with E-state index < -0.39 is 29.9 Å². The lowest BCUT2D eigenvalue weighted by Gasteiger charge is -2.60. The highest BCUT2D eigenvalue weighted by atomic mass is 17.3. The van der Waals surface area contributed by atoms with E-state index in [9.17, 15) is 9.59 Å². The Hall–Kier alpha value is -3.55. The molecule has 0 radical (unpaired) electrons. The number of imidazole rings is 1. The van der Waals surface area contributed by atoms with E-state index in [-0.39, 0.29) is 43.1 Å². The molecular weight excluding hydrogens is 618 g/mol. The van der Waals surface area contributed by atoms with Crippen LogP contribution in [-0.4, -0.2) is 65.2 Å². The third kappa shape index (κ3) is 6.09. The zero-order valence-electron chi connectivity index (χ0n) is 28.0. The lowest BCUT2D eigenvalue weighted by atomic mass is 9.58. The molecule has 12 heteroatoms. The van der Waals surface area contributed by atoms with E-state index in [1.54, 1.807) is 36.0 Å². The number of nitrogens with one attached hydrogen (secondary N) is 1. The molecule has 8 rings (SSSR count). The number of aromatic nitrogens is 2. The largest absolute Gasteiger partial charge is 0.493 e. The number of hydrogen-bond donors (Lipinski definition) is 1. The standard InChI is InChI=1S/C36H45N3O9/c1-5-42-32(41)25-13-12-24(38-31(40)20-39-21-37-28-9-6-7-10-29(28)39)19-30(25)43-17-8-18-44-33-23(3)27-14-11-22(2)26-15-16-35(4)46-34(45-33)36(26,27)48-47-35/h6-7,9-10,12-13,19,21-23,26-27,33-34H,5,8,11,14-18,20H2,1-4H3,(H,38,40)/t22-,23-,26?,27+,33+,34-,35-,36-/m1/s1. The van der Waals surface area contributed by atoms with Crippen LogP contribution in [0, 0.1) is 23.7 Å². The van der Waals surface area contributed by atoms with Gasteiger partial charge in [0.2, 0.25) is 11.7 Å². The van der Waals surface area contributed by atoms with Crippen molar-refractivity contribution in [3.8, 4) is 5.75 Å². The molecule has 8 atom stereocenters. The Morgan fingerprint density at radius 2 is 1.92 bits per heavy atom. The summed E-state index contributed by atoms with van der Waals surface area (Å²) in [5.41, 5.74) is 1.83. The zero-order valence-corrected chi connectivity index (χ0v) is 28.0. The van der Waals surface area contributed by atoms with Crippen molar-refractivity contribution in [1.29, 1.82) is 0 Å². The van der Waals surface area contributed by atoms with Crippen molar-refractivity contribution >= 4 is 28.6 Å². The van der Waals surface area contributed by atoms with E-state index in [0.29, 0.717) is 36.3 Å². The maximum Gasteiger partial charge on any atom is 0.341 e. The molecule has 12 nitrogen and oxygen atoms in total. The molecule has 1 spiro atoms. The number of anilines is 1. The predicted molar refractivity (Wildman–Crippen MR) is 174 cm³/mol. The summed E-state index contributed by atoms with van der Waals surface area (Å²) in [6.07, 6.45) is 5.00. The number of carbonyl (C=O) groups is 2. The minimum atomic E-state index is -0.838. The van der Waals surface area contributed by atoms with Gasteiger partial charge in [0, 0.05) is 36.4 Å². The first-order chi connectivity index (χ1) is 23.2. The Morgan fingerprint density at radius 1 is 1.06 bits per heavy atom. The van der Waals surface area contributed by atoms with Crippen LogP contribution in [0.5, 0.6) is 5.75 Å². The fourth-order valence-corrected chi connectivity index (χ4v) is 8.09. The minimum Gasteiger partial charge on any atom is -0.493 e. The first kappa shape index (κ1) is 33.0. The molecule has 3 aromatic rings. The maximum absolute atomic E-state index is 12.9. The number of rotatable bonds is 11. The number of ether oxygens (including phenoxy) is 5. The molecule has 1 unspecified atom stereocenters. The minimum absolute atomic E-state index is 0.0721. The predicted octanol–water partition coefficient (Wildman–Crippen LogP) is 5.85. The van der Waals surface area contributed by atoms with Crippen molar-refractivity contribution in [2.45, 2.75) is 90.3 Å². The van der Waals surface area contributed by atoms with Crippen molar-refractivity contribution in [2.24, 2.45) is 23.7 Å². The molecule has 1 aromatic heterocycles. The molecule has 1 amide bonds. The van der Waals surface area contributed by atoms with Crippen LogP contribution in [0.1, 0.15) is 70.2 Å². The van der Waals surface area contributed by atoms with Gasteiger partial charge < -0.3 is 33.6 Å². The van der Waals surface area contributed by atoms with Gasteiger partial charge >= 0.3 is 5.97 Å². The smallest absolute Gasteiger partial charge is 0.341 e. The summed E-state index contributed by atoms with van der Waals surface area (Å²) in [7, 11) is 0. The molecule has 5 aliphatic rings. The summed E-state index contributed by atoms with van der Waals surface area (Å²) >= 11 is 0. The molecule has 5 heterocycles. The highest BCUT2D eigenvalue weighted by Gasteiger charge is 2.69. The second-order valence-corrected chi connectivity index (χ2v) is 13.7. The van der Waals surface area contributed by atoms with E-state index in [1.807, 2.05) is 31.2 Å². The Morgan fingerprint density at radius 3 is 2.77 bits per heavy atom. The fraction of sp³-hybridized carbons (Fsp3) is 0.583. The van der Waals surface area contributed by atoms with Gasteiger partial charge in [-0.1, -0.05) is 26.0 Å². The number of carbonyl (C=O) groups excluding carboxylic acids is 2. The molecule has 1 N–H and O–H groups in total. The van der Waals surface area contributed by atoms with E-state index in [1.165, 1.54) is 0 Å². The number of amides is 1. The van der Waals surface area contributed by atoms with Gasteiger partial charge in [0.1, 0.15) is 17.9 Å². The molecule has 258 valence electrons. The van der Waals surface area contributed by atoms with Gasteiger partial charge in [-0.2, -0.15) is 0 Å². The van der Waals surface area contributed by atoms with Gasteiger partial charge in [-0.05, 0) is 69.2 Å². The summed E-state index contributed by atoms with van der Waals surface area (Å²) in [6.45, 7) is 9.08. The highest BCUT2D eigenvalue weighted by Crippen LogP contribution is 2.60. The van der Waals surface area contributed by atoms with E-state index in [4.69, 9.17) is 33.5 Å². The number of para-hydroxylation sites is 2. The van der Waals surface area contributed by atoms with Crippen molar-refractivity contribution in [2.75, 3.05) is 25.1 Å². The second kappa shape index (κ2) is 13.4. The number of hydrogen-bond acceptors (Lipinski definition) is 10. The lowest BCUT2D eigenvalue weighted by Crippen LogP contribution is -2.70. The Labute approximate surface area is 280 Å². The lowest BCUT2D eigenvalue weighted by molar-refractivity contribution is -0.577. The SMILES string of the molecule is CCOC(=O)c1ccc(NC(=O)Cn2cnc3ccccc32)cc1OCCCO[C@H]1O[C@@H]2O[C@@]3(C)CCC4[C@H](C)CC[C@@H]([C@H]1C)[C@]42OO3. The van der Waals surface area contributed by atoms with Crippen LogP contribution in [0.25, 0.3) is 11.0 Å². The van der Waals surface area contributed by atoms with E-state index >= 15 is 0 Å². The Kier molecular flexibility index (Phi) is 9.20. The Bertz CT molecular complexity index is 1650. The third-order valence-electron chi connectivity index (χ3n) is 10.5. The average molecular weight is 664 g/mol. The van der Waals surface area contributed by atoms with Gasteiger partial charge in [-0.15, -0.1) is 0 Å². The maximum atomic E-state index is 12.9. The van der Waals surface area contributed by atoms with Crippen molar-refractivity contribution in [3.05, 3.63) is 54.4 Å². The van der Waals surface area contributed by atoms with Crippen LogP contribution >= 0.6 is 0 Å². The van der Waals surface area contributed by atoms with Crippen LogP contribution in [-0.2, 0) is 40.1 Å². The quantitative estimate of drug-likeness (QED) is 0.152. The normalized spacial score (nSPS) is 32.3. The highest BCUT2D eigenvalue weighted by molar-refractivity contribution is 5.95. The fourth-order valence-electron chi connectivity index (χ4n) is 8.09. The van der Waals surface area contributed by atoms with Gasteiger partial charge in [0.05, 0.1) is 37.2 Å². The topological polar surface area (TPSA) is 129 Å². The number of benzene rings is 2. The van der Waals surface area contributed by atoms with Crippen LogP contribution in [0.15, 0.2) is 48.8 Å². The molecule has 48 heavy (non-hydrogen) atoms. The molecule has 2 aromatic carbocycles. The molecule has 4 saturated heterocycles. The van der Waals surface area contributed by atoms with Crippen LogP contribution in [0.2, 0.25) is 0 Å². The van der Waals surface area contributed by atoms with Gasteiger partial charge in [-0.25, -0.2) is 19.6 Å². The second-order valence-electron chi connectivity index (χ2n) is 13.7. The molecular formula is C36H45N3O9. The summed E-state index contributed by atoms with van der Waals surface area (Å²) in [5.74, 6) is -0.217. The van der Waals surface area contributed by atoms with Crippen LogP contribution in [0.3, 0.4) is 0 Å². The summed E-state index contributed by atoms with van der Waals surface area (Å²) < 4.78 is 32.4. The van der Waals surface area contributed by atoms with Gasteiger partial charge in [-0.3, -0.25) is 4.79 Å². The van der Waals surface area contributed by atoms with Crippen LogP contribution < -0.4 is 10.1 Å². The molecule has 2 bridgehead atoms. The monoisotopic (exact) mass is 663 g/mol.